The van der Waals surface area contributed by atoms with Gasteiger partial charge in [-0.1, -0.05) is 47.0 Å². The summed E-state index contributed by atoms with van der Waals surface area (Å²) in [5, 5.41) is 3.09. The maximum atomic E-state index is 12.1. The average molecular weight is 256 g/mol. The topological polar surface area (TPSA) is 55.1 Å². The molecule has 3 heteroatoms. The van der Waals surface area contributed by atoms with Crippen molar-refractivity contribution in [3.05, 3.63) is 0 Å². The highest BCUT2D eigenvalue weighted by atomic mass is 16.1. The van der Waals surface area contributed by atoms with Crippen molar-refractivity contribution in [1.29, 1.82) is 0 Å². The molecule has 0 bridgehead atoms. The molecule has 3 N–H and O–H groups in total. The van der Waals surface area contributed by atoms with Crippen LogP contribution in [0.1, 0.15) is 66.7 Å². The van der Waals surface area contributed by atoms with Crippen LogP contribution in [0.2, 0.25) is 0 Å². The zero-order valence-electron chi connectivity index (χ0n) is 12.9. The quantitative estimate of drug-likeness (QED) is 0.656. The molecule has 0 heterocycles. The summed E-state index contributed by atoms with van der Waals surface area (Å²) in [6.07, 6.45) is 5.55. The third kappa shape index (κ3) is 8.51. The van der Waals surface area contributed by atoms with Crippen LogP contribution in [0.5, 0.6) is 0 Å². The number of hydrogen-bond donors (Lipinski definition) is 2. The van der Waals surface area contributed by atoms with E-state index in [1.54, 1.807) is 0 Å². The summed E-state index contributed by atoms with van der Waals surface area (Å²) in [4.78, 5) is 12.1. The second kappa shape index (κ2) is 8.52. The predicted octanol–water partition coefficient (Wildman–Crippen LogP) is 3.08. The van der Waals surface area contributed by atoms with E-state index >= 15 is 0 Å². The highest BCUT2D eigenvalue weighted by Gasteiger charge is 2.24. The molecule has 2 unspecified atom stereocenters. The van der Waals surface area contributed by atoms with Crippen molar-refractivity contribution >= 4 is 5.91 Å². The Morgan fingerprint density at radius 2 is 1.89 bits per heavy atom. The van der Waals surface area contributed by atoms with Crippen molar-refractivity contribution in [1.82, 2.24) is 5.32 Å². The van der Waals surface area contributed by atoms with Crippen LogP contribution in [-0.4, -0.2) is 18.5 Å². The molecule has 0 fully saturated rings. The van der Waals surface area contributed by atoms with Gasteiger partial charge in [-0.25, -0.2) is 0 Å². The van der Waals surface area contributed by atoms with Crippen LogP contribution in [0.15, 0.2) is 0 Å². The summed E-state index contributed by atoms with van der Waals surface area (Å²) in [7, 11) is 0. The molecule has 0 aromatic rings. The molecule has 0 saturated carbocycles. The molecule has 0 radical (unpaired) electrons. The summed E-state index contributed by atoms with van der Waals surface area (Å²) in [5.41, 5.74) is 5.86. The molecule has 0 aliphatic rings. The number of amides is 1. The Labute approximate surface area is 113 Å². The lowest BCUT2D eigenvalue weighted by molar-refractivity contribution is -0.126. The molecule has 18 heavy (non-hydrogen) atoms. The summed E-state index contributed by atoms with van der Waals surface area (Å²) in [6, 6.07) is 0.262. The van der Waals surface area contributed by atoms with Crippen molar-refractivity contribution in [2.75, 3.05) is 6.54 Å². The van der Waals surface area contributed by atoms with Crippen LogP contribution >= 0.6 is 0 Å². The fraction of sp³-hybridized carbons (Fsp3) is 0.933. The SMILES string of the molecule is CCCCCC(C)NC(=O)C(CN)CC(C)(C)C. The van der Waals surface area contributed by atoms with Gasteiger partial charge < -0.3 is 11.1 Å². The van der Waals surface area contributed by atoms with Crippen LogP contribution in [0.3, 0.4) is 0 Å². The average Bonchev–Trinajstić information content (AvgIpc) is 2.24. The first kappa shape index (κ1) is 17.4. The van der Waals surface area contributed by atoms with E-state index < -0.39 is 0 Å². The highest BCUT2D eigenvalue weighted by Crippen LogP contribution is 2.24. The zero-order chi connectivity index (χ0) is 14.2. The van der Waals surface area contributed by atoms with E-state index in [0.717, 1.165) is 12.8 Å². The van der Waals surface area contributed by atoms with E-state index in [2.05, 4.69) is 39.9 Å². The van der Waals surface area contributed by atoms with Gasteiger partial charge in [0.05, 0.1) is 5.92 Å². The van der Waals surface area contributed by atoms with Gasteiger partial charge in [0.2, 0.25) is 5.91 Å². The summed E-state index contributed by atoms with van der Waals surface area (Å²) >= 11 is 0. The molecule has 0 aliphatic carbocycles. The van der Waals surface area contributed by atoms with Gasteiger partial charge in [0.25, 0.3) is 0 Å². The van der Waals surface area contributed by atoms with E-state index in [9.17, 15) is 4.79 Å². The Morgan fingerprint density at radius 3 is 2.33 bits per heavy atom. The molecule has 2 atom stereocenters. The minimum absolute atomic E-state index is 0.0568. The van der Waals surface area contributed by atoms with E-state index in [-0.39, 0.29) is 23.3 Å². The zero-order valence-corrected chi connectivity index (χ0v) is 12.9. The largest absolute Gasteiger partial charge is 0.353 e. The second-order valence-corrected chi connectivity index (χ2v) is 6.60. The molecule has 0 aromatic carbocycles. The lowest BCUT2D eigenvalue weighted by Gasteiger charge is -2.25. The van der Waals surface area contributed by atoms with Crippen molar-refractivity contribution in [3.63, 3.8) is 0 Å². The maximum absolute atomic E-state index is 12.1. The van der Waals surface area contributed by atoms with Gasteiger partial charge in [-0.15, -0.1) is 0 Å². The lowest BCUT2D eigenvalue weighted by Crippen LogP contribution is -2.41. The Morgan fingerprint density at radius 1 is 1.28 bits per heavy atom. The molecule has 3 nitrogen and oxygen atoms in total. The molecule has 0 aliphatic heterocycles. The summed E-state index contributed by atoms with van der Waals surface area (Å²) < 4.78 is 0. The molecule has 0 aromatic heterocycles. The van der Waals surface area contributed by atoms with Gasteiger partial charge in [0.1, 0.15) is 0 Å². The van der Waals surface area contributed by atoms with Crippen LogP contribution < -0.4 is 11.1 Å². The first-order chi connectivity index (χ1) is 8.30. The van der Waals surface area contributed by atoms with Crippen molar-refractivity contribution in [2.24, 2.45) is 17.1 Å². The molecule has 1 amide bonds. The highest BCUT2D eigenvalue weighted by molar-refractivity contribution is 5.79. The number of rotatable bonds is 8. The minimum Gasteiger partial charge on any atom is -0.353 e. The van der Waals surface area contributed by atoms with Crippen molar-refractivity contribution in [3.8, 4) is 0 Å². The minimum atomic E-state index is -0.0568. The van der Waals surface area contributed by atoms with Gasteiger partial charge in [0.15, 0.2) is 0 Å². The van der Waals surface area contributed by atoms with Gasteiger partial charge in [-0.2, -0.15) is 0 Å². The number of carbonyl (C=O) groups excluding carboxylic acids is 1. The van der Waals surface area contributed by atoms with Gasteiger partial charge in [0, 0.05) is 12.6 Å². The molecule has 108 valence electrons. The monoisotopic (exact) mass is 256 g/mol. The molecular formula is C15H32N2O. The number of nitrogens with one attached hydrogen (secondary N) is 1. The van der Waals surface area contributed by atoms with E-state index in [4.69, 9.17) is 5.73 Å². The number of nitrogens with two attached hydrogens (primary N) is 1. The van der Waals surface area contributed by atoms with Gasteiger partial charge in [-0.05, 0) is 25.2 Å². The van der Waals surface area contributed by atoms with Crippen molar-refractivity contribution in [2.45, 2.75) is 72.8 Å². The smallest absolute Gasteiger partial charge is 0.224 e. The van der Waals surface area contributed by atoms with E-state index in [1.165, 1.54) is 19.3 Å². The Balaban J connectivity index is 4.10. The fourth-order valence-corrected chi connectivity index (χ4v) is 2.16. The molecule has 0 saturated heterocycles. The molecular weight excluding hydrogens is 224 g/mol. The third-order valence-electron chi connectivity index (χ3n) is 3.14. The third-order valence-corrected chi connectivity index (χ3v) is 3.14. The Hall–Kier alpha value is -0.570. The summed E-state index contributed by atoms with van der Waals surface area (Å²) in [6.45, 7) is 11.1. The lowest BCUT2D eigenvalue weighted by atomic mass is 9.84. The van der Waals surface area contributed by atoms with Crippen LogP contribution in [0.25, 0.3) is 0 Å². The van der Waals surface area contributed by atoms with E-state index in [0.29, 0.717) is 6.54 Å². The van der Waals surface area contributed by atoms with Crippen LogP contribution in [0.4, 0.5) is 0 Å². The maximum Gasteiger partial charge on any atom is 0.224 e. The Kier molecular flexibility index (Phi) is 8.25. The van der Waals surface area contributed by atoms with Crippen molar-refractivity contribution < 1.29 is 4.79 Å². The number of unbranched alkanes of at least 4 members (excludes halogenated alkanes) is 2. The fourth-order valence-electron chi connectivity index (χ4n) is 2.16. The second-order valence-electron chi connectivity index (χ2n) is 6.60. The first-order valence-electron chi connectivity index (χ1n) is 7.30. The number of hydrogen-bond acceptors (Lipinski definition) is 2. The van der Waals surface area contributed by atoms with Gasteiger partial charge >= 0.3 is 0 Å². The first-order valence-corrected chi connectivity index (χ1v) is 7.30. The Bertz CT molecular complexity index is 233. The normalized spacial score (nSPS) is 15.2. The standard InChI is InChI=1S/C15H32N2O/c1-6-7-8-9-12(2)17-14(18)13(11-16)10-15(3,4)5/h12-13H,6-11,16H2,1-5H3,(H,17,18). The number of carbonyl (C=O) groups is 1. The molecule has 0 spiro atoms. The molecule has 0 rings (SSSR count). The predicted molar refractivity (Wildman–Crippen MR) is 78.4 cm³/mol. The van der Waals surface area contributed by atoms with E-state index in [1.807, 2.05) is 0 Å². The van der Waals surface area contributed by atoms with Crippen LogP contribution in [0, 0.1) is 11.3 Å². The van der Waals surface area contributed by atoms with Crippen LogP contribution in [-0.2, 0) is 4.79 Å². The van der Waals surface area contributed by atoms with Gasteiger partial charge in [-0.3, -0.25) is 4.79 Å². The summed E-state index contributed by atoms with van der Waals surface area (Å²) in [5.74, 6) is 0.0649.